The highest BCUT2D eigenvalue weighted by Gasteiger charge is 2.03. The minimum atomic E-state index is -0.170. The minimum absolute atomic E-state index is 0. The molecule has 0 aromatic heterocycles. The van der Waals surface area contributed by atoms with Crippen LogP contribution in [0, 0.1) is 0 Å². The monoisotopic (exact) mass is 397 g/mol. The lowest BCUT2D eigenvalue weighted by molar-refractivity contribution is -0.120. The first kappa shape index (κ1) is 24.2. The molecule has 6 heteroatoms. The molecule has 2 rings (SSSR count). The Kier molecular flexibility index (Phi) is 11.7. The number of anilines is 1. The van der Waals surface area contributed by atoms with E-state index in [0.29, 0.717) is 6.42 Å². The lowest BCUT2D eigenvalue weighted by Crippen LogP contribution is -2.31. The number of hydrogen-bond acceptors (Lipinski definition) is 3. The van der Waals surface area contributed by atoms with Crippen LogP contribution in [-0.4, -0.2) is 19.0 Å². The fourth-order valence-electron chi connectivity index (χ4n) is 2.81. The molecule has 0 unspecified atom stereocenters. The number of carbonyl (C=O) groups is 1. The van der Waals surface area contributed by atoms with Crippen LogP contribution < -0.4 is 16.2 Å². The number of benzene rings is 2. The number of nitrogens with zero attached hydrogens (tertiary/aromatic N) is 1. The number of carbonyl (C=O) groups excluding carboxylic acids is 1. The second kappa shape index (κ2) is 12.6. The van der Waals surface area contributed by atoms with E-state index >= 15 is 0 Å². The summed E-state index contributed by atoms with van der Waals surface area (Å²) in [5, 5.41) is 0. The van der Waals surface area contributed by atoms with Gasteiger partial charge in [-0.05, 0) is 55.5 Å². The van der Waals surface area contributed by atoms with Crippen LogP contribution in [0.4, 0.5) is 5.69 Å². The summed E-state index contributed by atoms with van der Waals surface area (Å²) in [5.41, 5.74) is 7.04. The highest BCUT2D eigenvalue weighted by atomic mass is 35.5. The normalized spacial score (nSPS) is 9.65. The topological polar surface area (TPSA) is 58.4 Å². The standard InChI is InChI=1S/C20H27N3O.2ClH/c1-3-23(4-2)19-13-11-17(12-14-19)6-5-16-7-9-18(10-8-16)15-20(24)22-21;;/h7-14H,3-6,15,21H2,1-2H3,(H,22,24);2*1H. The number of nitrogens with one attached hydrogen (secondary N) is 1. The first-order valence-corrected chi connectivity index (χ1v) is 8.57. The Hall–Kier alpha value is -1.75. The molecule has 1 amide bonds. The van der Waals surface area contributed by atoms with Gasteiger partial charge in [0.05, 0.1) is 6.42 Å². The Bertz CT molecular complexity index is 641. The van der Waals surface area contributed by atoms with Gasteiger partial charge >= 0.3 is 0 Å². The van der Waals surface area contributed by atoms with Crippen molar-refractivity contribution in [2.75, 3.05) is 18.0 Å². The van der Waals surface area contributed by atoms with Crippen molar-refractivity contribution >= 4 is 36.4 Å². The van der Waals surface area contributed by atoms with Crippen molar-refractivity contribution < 1.29 is 4.79 Å². The van der Waals surface area contributed by atoms with E-state index in [2.05, 4.69) is 60.6 Å². The van der Waals surface area contributed by atoms with E-state index in [4.69, 9.17) is 5.84 Å². The van der Waals surface area contributed by atoms with Crippen LogP contribution in [0.15, 0.2) is 48.5 Å². The molecule has 0 spiro atoms. The minimum Gasteiger partial charge on any atom is -0.372 e. The van der Waals surface area contributed by atoms with E-state index in [-0.39, 0.29) is 30.7 Å². The van der Waals surface area contributed by atoms with Crippen LogP contribution in [0.25, 0.3) is 0 Å². The summed E-state index contributed by atoms with van der Waals surface area (Å²) in [6.07, 6.45) is 2.33. The zero-order valence-corrected chi connectivity index (χ0v) is 17.0. The maximum absolute atomic E-state index is 11.3. The molecule has 0 aliphatic carbocycles. The summed E-state index contributed by atoms with van der Waals surface area (Å²) >= 11 is 0. The van der Waals surface area contributed by atoms with E-state index in [1.54, 1.807) is 0 Å². The van der Waals surface area contributed by atoms with E-state index in [9.17, 15) is 4.79 Å². The molecule has 0 fully saturated rings. The van der Waals surface area contributed by atoms with Gasteiger partial charge in [0.15, 0.2) is 0 Å². The van der Waals surface area contributed by atoms with Gasteiger partial charge in [0.2, 0.25) is 5.91 Å². The van der Waals surface area contributed by atoms with Crippen molar-refractivity contribution in [1.29, 1.82) is 0 Å². The van der Waals surface area contributed by atoms with Crippen LogP contribution in [0.1, 0.15) is 30.5 Å². The van der Waals surface area contributed by atoms with Crippen LogP contribution >= 0.6 is 24.8 Å². The highest BCUT2D eigenvalue weighted by Crippen LogP contribution is 2.16. The number of aryl methyl sites for hydroxylation is 2. The molecule has 2 aromatic rings. The summed E-state index contributed by atoms with van der Waals surface area (Å²) in [5.74, 6) is 4.94. The molecule has 0 aliphatic rings. The quantitative estimate of drug-likeness (QED) is 0.405. The first-order chi connectivity index (χ1) is 11.7. The third kappa shape index (κ3) is 7.24. The largest absolute Gasteiger partial charge is 0.372 e. The van der Waals surface area contributed by atoms with Gasteiger partial charge in [-0.2, -0.15) is 0 Å². The predicted molar refractivity (Wildman–Crippen MR) is 114 cm³/mol. The molecule has 144 valence electrons. The average Bonchev–Trinajstić information content (AvgIpc) is 2.63. The second-order valence-corrected chi connectivity index (χ2v) is 5.90. The second-order valence-electron chi connectivity index (χ2n) is 5.90. The van der Waals surface area contributed by atoms with Crippen LogP contribution in [0.3, 0.4) is 0 Å². The van der Waals surface area contributed by atoms with E-state index in [1.807, 2.05) is 12.1 Å². The maximum atomic E-state index is 11.3. The lowest BCUT2D eigenvalue weighted by Gasteiger charge is -2.21. The molecule has 0 atom stereocenters. The Balaban J connectivity index is 0.00000312. The van der Waals surface area contributed by atoms with Gasteiger partial charge in [0.25, 0.3) is 0 Å². The molecule has 0 aliphatic heterocycles. The van der Waals surface area contributed by atoms with E-state index < -0.39 is 0 Å². The van der Waals surface area contributed by atoms with Crippen LogP contribution in [0.2, 0.25) is 0 Å². The van der Waals surface area contributed by atoms with Crippen LogP contribution in [-0.2, 0) is 24.1 Å². The number of hydrogen-bond donors (Lipinski definition) is 2. The number of amides is 1. The van der Waals surface area contributed by atoms with Crippen molar-refractivity contribution in [1.82, 2.24) is 5.43 Å². The van der Waals surface area contributed by atoms with Crippen molar-refractivity contribution in [3.05, 3.63) is 65.2 Å². The maximum Gasteiger partial charge on any atom is 0.238 e. The molecule has 0 saturated heterocycles. The van der Waals surface area contributed by atoms with Crippen LogP contribution in [0.5, 0.6) is 0 Å². The van der Waals surface area contributed by atoms with Gasteiger partial charge in [-0.1, -0.05) is 36.4 Å². The molecule has 0 heterocycles. The Morgan fingerprint density at radius 1 is 0.846 bits per heavy atom. The third-order valence-electron chi connectivity index (χ3n) is 4.32. The summed E-state index contributed by atoms with van der Waals surface area (Å²) in [4.78, 5) is 13.6. The van der Waals surface area contributed by atoms with Gasteiger partial charge in [-0.15, -0.1) is 24.8 Å². The van der Waals surface area contributed by atoms with E-state index in [1.165, 1.54) is 16.8 Å². The lowest BCUT2D eigenvalue weighted by atomic mass is 10.0. The Labute approximate surface area is 168 Å². The number of hydrazine groups is 1. The Morgan fingerprint density at radius 3 is 1.69 bits per heavy atom. The zero-order chi connectivity index (χ0) is 17.4. The summed E-state index contributed by atoms with van der Waals surface area (Å²) in [7, 11) is 0. The predicted octanol–water partition coefficient (Wildman–Crippen LogP) is 3.69. The molecular formula is C20H29Cl2N3O. The van der Waals surface area contributed by atoms with Gasteiger partial charge in [-0.3, -0.25) is 10.2 Å². The highest BCUT2D eigenvalue weighted by molar-refractivity contribution is 5.85. The first-order valence-electron chi connectivity index (χ1n) is 8.57. The van der Waals surface area contributed by atoms with Crippen molar-refractivity contribution in [3.8, 4) is 0 Å². The fourth-order valence-corrected chi connectivity index (χ4v) is 2.81. The van der Waals surface area contributed by atoms with Crippen molar-refractivity contribution in [2.24, 2.45) is 5.84 Å². The molecule has 2 aromatic carbocycles. The van der Waals surface area contributed by atoms with Crippen molar-refractivity contribution in [2.45, 2.75) is 33.1 Å². The van der Waals surface area contributed by atoms with Gasteiger partial charge in [0.1, 0.15) is 0 Å². The molecule has 0 saturated carbocycles. The fraction of sp³-hybridized carbons (Fsp3) is 0.350. The summed E-state index contributed by atoms with van der Waals surface area (Å²) in [6.45, 7) is 6.42. The zero-order valence-electron chi connectivity index (χ0n) is 15.4. The summed E-state index contributed by atoms with van der Waals surface area (Å²) in [6, 6.07) is 17.0. The molecular weight excluding hydrogens is 369 g/mol. The molecule has 4 nitrogen and oxygen atoms in total. The number of nitrogens with two attached hydrogens (primary N) is 1. The molecule has 0 radical (unpaired) electrons. The molecule has 26 heavy (non-hydrogen) atoms. The average molecular weight is 398 g/mol. The summed E-state index contributed by atoms with van der Waals surface area (Å²) < 4.78 is 0. The number of halogens is 2. The van der Waals surface area contributed by atoms with Gasteiger partial charge in [-0.25, -0.2) is 5.84 Å². The third-order valence-corrected chi connectivity index (χ3v) is 4.32. The smallest absolute Gasteiger partial charge is 0.238 e. The molecule has 0 bridgehead atoms. The molecule has 3 N–H and O–H groups in total. The van der Waals surface area contributed by atoms with Gasteiger partial charge < -0.3 is 4.90 Å². The van der Waals surface area contributed by atoms with Gasteiger partial charge in [0, 0.05) is 18.8 Å². The number of rotatable bonds is 8. The Morgan fingerprint density at radius 2 is 1.27 bits per heavy atom. The van der Waals surface area contributed by atoms with E-state index in [0.717, 1.165) is 31.5 Å². The SMILES string of the molecule is CCN(CC)c1ccc(CCc2ccc(CC(=O)NN)cc2)cc1.Cl.Cl. The van der Waals surface area contributed by atoms with Crippen molar-refractivity contribution in [3.63, 3.8) is 0 Å².